The van der Waals surface area contributed by atoms with Gasteiger partial charge < -0.3 is 30.4 Å². The molecule has 0 spiro atoms. The number of hydrogen-bond acceptors (Lipinski definition) is 15. The van der Waals surface area contributed by atoms with E-state index in [4.69, 9.17) is 4.98 Å². The second-order valence-corrected chi connectivity index (χ2v) is 15.6. The number of benzene rings is 2. The number of carbonyl (C=O) groups is 2. The summed E-state index contributed by atoms with van der Waals surface area (Å²) in [5, 5.41) is 35.7. The molecule has 20 heteroatoms. The van der Waals surface area contributed by atoms with Crippen molar-refractivity contribution in [2.75, 3.05) is 10.6 Å². The molecule has 0 fully saturated rings. The third-order valence-electron chi connectivity index (χ3n) is 10.1. The van der Waals surface area contributed by atoms with E-state index in [9.17, 15) is 9.59 Å². The summed E-state index contributed by atoms with van der Waals surface area (Å²) in [5.74, 6) is 2.22. The second kappa shape index (κ2) is 18.7. The number of anilines is 2. The molecule has 314 valence electrons. The molecule has 1 atom stereocenters. The monoisotopic (exact) mass is 849 g/mol. The fraction of sp³-hybridized carbons (Fsp3) is 0.238. The van der Waals surface area contributed by atoms with Crippen molar-refractivity contribution in [3.63, 3.8) is 0 Å². The molecular weight excluding hydrogens is 807 g/mol. The molecule has 0 radical (unpaired) electrons. The maximum atomic E-state index is 13.8. The molecule has 8 rings (SSSR count). The lowest BCUT2D eigenvalue weighted by Crippen LogP contribution is -2.29. The minimum absolute atomic E-state index is 0.214. The van der Waals surface area contributed by atoms with Crippen LogP contribution in [-0.2, 0) is 47.2 Å². The number of aryl methyl sites for hydroxylation is 3. The van der Waals surface area contributed by atoms with Crippen LogP contribution in [0.15, 0.2) is 98.0 Å². The van der Waals surface area contributed by atoms with E-state index in [0.717, 1.165) is 32.6 Å². The molecule has 8 aromatic rings. The minimum Gasteiger partial charge on any atom is -0.378 e. The minimum atomic E-state index is -0.403. The first kappa shape index (κ1) is 41.0. The van der Waals surface area contributed by atoms with Gasteiger partial charge in [-0.3, -0.25) is 14.3 Å². The Kier molecular flexibility index (Phi) is 12.4. The van der Waals surface area contributed by atoms with Crippen LogP contribution in [0.2, 0.25) is 0 Å². The average Bonchev–Trinajstić information content (AvgIpc) is 4.09. The van der Waals surface area contributed by atoms with Crippen molar-refractivity contribution in [3.05, 3.63) is 142 Å². The maximum Gasteiger partial charge on any atom is 0.251 e. The van der Waals surface area contributed by atoms with Crippen molar-refractivity contribution in [1.29, 1.82) is 0 Å². The molecule has 19 nitrogen and oxygen atoms in total. The van der Waals surface area contributed by atoms with Crippen molar-refractivity contribution >= 4 is 34.5 Å². The van der Waals surface area contributed by atoms with Gasteiger partial charge in [0.15, 0.2) is 23.3 Å². The van der Waals surface area contributed by atoms with Crippen molar-refractivity contribution in [2.24, 2.45) is 21.1 Å². The number of thiazole rings is 1. The zero-order chi connectivity index (χ0) is 43.0. The molecule has 0 aliphatic carbocycles. The van der Waals surface area contributed by atoms with Crippen LogP contribution in [0.3, 0.4) is 0 Å². The van der Waals surface area contributed by atoms with Crippen LogP contribution >= 0.6 is 11.3 Å². The Labute approximate surface area is 360 Å². The number of nitrogens with one attached hydrogen (secondary N) is 4. The zero-order valence-electron chi connectivity index (χ0n) is 34.4. The van der Waals surface area contributed by atoms with Gasteiger partial charge in [-0.15, -0.1) is 31.7 Å². The van der Waals surface area contributed by atoms with Gasteiger partial charge >= 0.3 is 0 Å². The second-order valence-electron chi connectivity index (χ2n) is 14.3. The standard InChI is InChI=1S/C42H43N17O2S/c1-26-50-33(36(62-26)21-47-41(60)27-7-5-9-29(19-27)45-22-37-52-54-39(58(37)3)34-13-16-43-24-48-34)12-11-31(32-15-18-57(2)56-32)51-42(61)28-8-6-10-30(20-28)46-23-38-53-55-40(59(38)4)35-14-17-44-25-49-35/h5-10,13-20,24-25,31,45-46H,11-12,21-23H2,1-4H3,(H,47,60)(H,51,61). The Hall–Kier alpha value is -7.74. The van der Waals surface area contributed by atoms with Gasteiger partial charge in [0, 0.05) is 67.1 Å². The lowest BCUT2D eigenvalue weighted by molar-refractivity contribution is 0.0929. The number of aromatic nitrogens is 13. The van der Waals surface area contributed by atoms with Crippen molar-refractivity contribution in [1.82, 2.24) is 74.9 Å². The van der Waals surface area contributed by atoms with E-state index in [0.29, 0.717) is 78.3 Å². The summed E-state index contributed by atoms with van der Waals surface area (Å²) in [6.45, 7) is 3.03. The molecule has 2 amide bonds. The maximum absolute atomic E-state index is 13.8. The highest BCUT2D eigenvalue weighted by molar-refractivity contribution is 7.11. The fourth-order valence-corrected chi connectivity index (χ4v) is 7.69. The van der Waals surface area contributed by atoms with Gasteiger partial charge in [0.05, 0.1) is 42.1 Å². The SMILES string of the molecule is Cc1nc(CCC(NC(=O)c2cccc(NCc3nnc(-c4ccncn4)n3C)c2)c2ccn(C)n2)c(CNC(=O)c2cccc(NCc3nnc(-c4ccncn4)n3C)c2)s1. The summed E-state index contributed by atoms with van der Waals surface area (Å²) in [6, 6.07) is 19.7. The topological polar surface area (TPSA) is 226 Å². The summed E-state index contributed by atoms with van der Waals surface area (Å²) in [6.07, 6.45) is 9.20. The van der Waals surface area contributed by atoms with Gasteiger partial charge in [0.25, 0.3) is 11.8 Å². The number of carbonyl (C=O) groups excluding carboxylic acids is 2. The van der Waals surface area contributed by atoms with Crippen LogP contribution in [0.4, 0.5) is 11.4 Å². The predicted octanol–water partition coefficient (Wildman–Crippen LogP) is 4.61. The highest BCUT2D eigenvalue weighted by Crippen LogP contribution is 2.25. The van der Waals surface area contributed by atoms with E-state index >= 15 is 0 Å². The van der Waals surface area contributed by atoms with E-state index in [1.165, 1.54) is 24.0 Å². The molecule has 1 unspecified atom stereocenters. The first-order valence-corrected chi connectivity index (χ1v) is 20.5. The molecule has 0 bridgehead atoms. The number of hydrogen-bond donors (Lipinski definition) is 4. The van der Waals surface area contributed by atoms with Gasteiger partial charge in [-0.05, 0) is 74.4 Å². The van der Waals surface area contributed by atoms with Gasteiger partial charge in [-0.25, -0.2) is 24.9 Å². The summed E-state index contributed by atoms with van der Waals surface area (Å²) in [4.78, 5) is 49.5. The molecule has 0 saturated heterocycles. The highest BCUT2D eigenvalue weighted by Gasteiger charge is 2.21. The third-order valence-corrected chi connectivity index (χ3v) is 11.1. The van der Waals surface area contributed by atoms with Crippen molar-refractivity contribution < 1.29 is 9.59 Å². The summed E-state index contributed by atoms with van der Waals surface area (Å²) < 4.78 is 5.45. The Bertz CT molecular complexity index is 2800. The van der Waals surface area contributed by atoms with Gasteiger partial charge in [0.1, 0.15) is 24.0 Å². The zero-order valence-corrected chi connectivity index (χ0v) is 35.2. The van der Waals surface area contributed by atoms with Crippen LogP contribution in [0, 0.1) is 6.92 Å². The predicted molar refractivity (Wildman–Crippen MR) is 231 cm³/mol. The van der Waals surface area contributed by atoms with Crippen LogP contribution in [-0.4, -0.2) is 76.0 Å². The van der Waals surface area contributed by atoms with E-state index in [-0.39, 0.29) is 11.8 Å². The Morgan fingerprint density at radius 2 is 1.32 bits per heavy atom. The molecule has 62 heavy (non-hydrogen) atoms. The van der Waals surface area contributed by atoms with E-state index in [1.54, 1.807) is 53.5 Å². The quantitative estimate of drug-likeness (QED) is 0.0982. The molecule has 6 heterocycles. The van der Waals surface area contributed by atoms with Crippen molar-refractivity contribution in [3.8, 4) is 23.0 Å². The van der Waals surface area contributed by atoms with Crippen LogP contribution in [0.5, 0.6) is 0 Å². The van der Waals surface area contributed by atoms with Crippen molar-refractivity contribution in [2.45, 2.75) is 45.4 Å². The molecule has 0 saturated carbocycles. The molecule has 4 N–H and O–H groups in total. The first-order chi connectivity index (χ1) is 30.2. The van der Waals surface area contributed by atoms with Gasteiger partial charge in [-0.1, -0.05) is 12.1 Å². The highest BCUT2D eigenvalue weighted by atomic mass is 32.1. The molecular formula is C42H43N17O2S. The molecule has 2 aromatic carbocycles. The Balaban J connectivity index is 0.876. The number of rotatable bonds is 17. The average molecular weight is 850 g/mol. The number of nitrogens with zero attached hydrogens (tertiary/aromatic N) is 13. The lowest BCUT2D eigenvalue weighted by atomic mass is 10.0. The van der Waals surface area contributed by atoms with Crippen LogP contribution < -0.4 is 21.3 Å². The Morgan fingerprint density at radius 1 is 0.726 bits per heavy atom. The van der Waals surface area contributed by atoms with E-state index < -0.39 is 6.04 Å². The molecule has 0 aliphatic heterocycles. The number of amides is 2. The van der Waals surface area contributed by atoms with Gasteiger partial charge in [0.2, 0.25) is 0 Å². The van der Waals surface area contributed by atoms with Crippen LogP contribution in [0.25, 0.3) is 23.0 Å². The normalized spacial score (nSPS) is 11.6. The largest absolute Gasteiger partial charge is 0.378 e. The first-order valence-electron chi connectivity index (χ1n) is 19.7. The van der Waals surface area contributed by atoms with E-state index in [1.807, 2.05) is 73.7 Å². The molecule has 6 aromatic heterocycles. The van der Waals surface area contributed by atoms with E-state index in [2.05, 4.69) is 66.7 Å². The van der Waals surface area contributed by atoms with Gasteiger partial charge in [-0.2, -0.15) is 5.10 Å². The lowest BCUT2D eigenvalue weighted by Gasteiger charge is -2.17. The molecule has 0 aliphatic rings. The Morgan fingerprint density at radius 3 is 1.87 bits per heavy atom. The fourth-order valence-electron chi connectivity index (χ4n) is 6.77. The third kappa shape index (κ3) is 9.65. The smallest absolute Gasteiger partial charge is 0.251 e. The summed E-state index contributed by atoms with van der Waals surface area (Å²) in [5.41, 5.74) is 5.46. The summed E-state index contributed by atoms with van der Waals surface area (Å²) in [7, 11) is 5.60. The van der Waals surface area contributed by atoms with Crippen LogP contribution in [0.1, 0.15) is 66.1 Å². The summed E-state index contributed by atoms with van der Waals surface area (Å²) >= 11 is 1.54.